The summed E-state index contributed by atoms with van der Waals surface area (Å²) in [6.07, 6.45) is 3.40. The number of rotatable bonds is 4. The number of carbonyl (C=O) groups is 2. The second-order valence-electron chi connectivity index (χ2n) is 6.12. The number of pyridine rings is 1. The van der Waals surface area contributed by atoms with Gasteiger partial charge in [0, 0.05) is 18.4 Å². The molecule has 0 radical (unpaired) electrons. The number of likely N-dealkylation sites (tertiary alicyclic amines) is 1. The van der Waals surface area contributed by atoms with Crippen LogP contribution in [0.4, 0.5) is 5.69 Å². The van der Waals surface area contributed by atoms with Crippen molar-refractivity contribution in [2.45, 2.75) is 33.2 Å². The average Bonchev–Trinajstić information content (AvgIpc) is 2.94. The van der Waals surface area contributed by atoms with Crippen LogP contribution in [0.3, 0.4) is 0 Å². The van der Waals surface area contributed by atoms with Gasteiger partial charge in [0.25, 0.3) is 0 Å². The molecule has 112 valence electrons. The van der Waals surface area contributed by atoms with E-state index in [1.807, 2.05) is 19.1 Å². The number of carbonyl (C=O) groups excluding carboxylic acids is 2. The fraction of sp³-hybridized carbons (Fsp3) is 0.562. The molecular formula is C16H21N3O2. The maximum atomic E-state index is 12.4. The molecule has 0 bridgehead atoms. The van der Waals surface area contributed by atoms with Crippen molar-refractivity contribution < 1.29 is 9.59 Å². The molecule has 1 aliphatic heterocycles. The molecule has 1 N–H and O–H groups in total. The van der Waals surface area contributed by atoms with Gasteiger partial charge in [-0.05, 0) is 37.8 Å². The lowest BCUT2D eigenvalue weighted by atomic mass is 10.00. The van der Waals surface area contributed by atoms with E-state index in [0.29, 0.717) is 5.92 Å². The highest BCUT2D eigenvalue weighted by Gasteiger charge is 2.51. The van der Waals surface area contributed by atoms with Crippen LogP contribution in [0.2, 0.25) is 0 Å². The lowest BCUT2D eigenvalue weighted by molar-refractivity contribution is -0.141. The van der Waals surface area contributed by atoms with E-state index in [-0.39, 0.29) is 30.2 Å². The molecule has 0 aromatic carbocycles. The second-order valence-corrected chi connectivity index (χ2v) is 6.12. The molecule has 2 atom stereocenters. The van der Waals surface area contributed by atoms with Crippen LogP contribution in [0.1, 0.15) is 32.4 Å². The monoisotopic (exact) mass is 287 g/mol. The number of nitrogens with zero attached hydrogens (tertiary/aromatic N) is 2. The van der Waals surface area contributed by atoms with Gasteiger partial charge in [-0.1, -0.05) is 6.92 Å². The minimum absolute atomic E-state index is 0.00926. The van der Waals surface area contributed by atoms with Crippen LogP contribution in [0, 0.1) is 17.8 Å². The summed E-state index contributed by atoms with van der Waals surface area (Å²) in [7, 11) is 0. The predicted octanol–water partition coefficient (Wildman–Crippen LogP) is 2.04. The Bertz CT molecular complexity index is 548. The van der Waals surface area contributed by atoms with E-state index in [4.69, 9.17) is 0 Å². The summed E-state index contributed by atoms with van der Waals surface area (Å²) < 4.78 is 0. The van der Waals surface area contributed by atoms with Crippen LogP contribution >= 0.6 is 0 Å². The zero-order valence-electron chi connectivity index (χ0n) is 12.5. The summed E-state index contributed by atoms with van der Waals surface area (Å²) in [6.45, 7) is 5.26. The summed E-state index contributed by atoms with van der Waals surface area (Å²) in [5.74, 6) is 0.272. The van der Waals surface area contributed by atoms with Crippen molar-refractivity contribution >= 4 is 17.5 Å². The summed E-state index contributed by atoms with van der Waals surface area (Å²) in [6, 6.07) is 3.79. The van der Waals surface area contributed by atoms with Crippen LogP contribution in [0.15, 0.2) is 18.3 Å². The molecule has 2 aliphatic rings. The average molecular weight is 287 g/mol. The first kappa shape index (κ1) is 14.0. The normalized spacial score (nSPS) is 28.1. The highest BCUT2D eigenvalue weighted by Crippen LogP contribution is 2.43. The quantitative estimate of drug-likeness (QED) is 0.861. The van der Waals surface area contributed by atoms with E-state index >= 15 is 0 Å². The molecule has 3 rings (SSSR count). The molecule has 2 amide bonds. The van der Waals surface area contributed by atoms with Crippen LogP contribution in [-0.4, -0.2) is 28.2 Å². The third kappa shape index (κ3) is 2.52. The van der Waals surface area contributed by atoms with Crippen molar-refractivity contribution in [3.05, 3.63) is 24.0 Å². The zero-order chi connectivity index (χ0) is 15.0. The van der Waals surface area contributed by atoms with Gasteiger partial charge in [-0.25, -0.2) is 0 Å². The minimum Gasteiger partial charge on any atom is -0.385 e. The molecule has 1 saturated carbocycles. The minimum atomic E-state index is -0.0931. The molecular weight excluding hydrogens is 266 g/mol. The lowest BCUT2D eigenvalue weighted by Crippen LogP contribution is -2.32. The fourth-order valence-corrected chi connectivity index (χ4v) is 3.54. The number of amides is 2. The smallest absolute Gasteiger partial charge is 0.233 e. The Morgan fingerprint density at radius 2 is 1.95 bits per heavy atom. The highest BCUT2D eigenvalue weighted by molar-refractivity contribution is 6.05. The van der Waals surface area contributed by atoms with E-state index < -0.39 is 0 Å². The van der Waals surface area contributed by atoms with Gasteiger partial charge in [0.2, 0.25) is 11.8 Å². The first-order valence-electron chi connectivity index (χ1n) is 7.64. The third-order valence-corrected chi connectivity index (χ3v) is 4.48. The van der Waals surface area contributed by atoms with E-state index in [2.05, 4.69) is 17.2 Å². The number of imide groups is 1. The van der Waals surface area contributed by atoms with E-state index in [0.717, 1.165) is 30.8 Å². The highest BCUT2D eigenvalue weighted by atomic mass is 16.2. The van der Waals surface area contributed by atoms with Gasteiger partial charge in [-0.15, -0.1) is 0 Å². The van der Waals surface area contributed by atoms with E-state index in [1.54, 1.807) is 6.20 Å². The molecule has 1 saturated heterocycles. The first-order valence-corrected chi connectivity index (χ1v) is 7.64. The SMILES string of the molecule is CCNc1ccnc(CN2C(=O)C3CC(C)CC3C2=O)c1. The Morgan fingerprint density at radius 3 is 2.57 bits per heavy atom. The largest absolute Gasteiger partial charge is 0.385 e. The van der Waals surface area contributed by atoms with Crippen LogP contribution in [0.5, 0.6) is 0 Å². The van der Waals surface area contributed by atoms with E-state index in [9.17, 15) is 9.59 Å². The molecule has 1 aliphatic carbocycles. The van der Waals surface area contributed by atoms with Gasteiger partial charge < -0.3 is 5.32 Å². The Morgan fingerprint density at radius 1 is 1.29 bits per heavy atom. The van der Waals surface area contributed by atoms with Gasteiger partial charge in [0.05, 0.1) is 24.1 Å². The number of aromatic nitrogens is 1. The van der Waals surface area contributed by atoms with Crippen molar-refractivity contribution in [1.29, 1.82) is 0 Å². The first-order chi connectivity index (χ1) is 10.1. The number of hydrogen-bond acceptors (Lipinski definition) is 4. The van der Waals surface area contributed by atoms with Crippen molar-refractivity contribution in [3.63, 3.8) is 0 Å². The Hall–Kier alpha value is -1.91. The van der Waals surface area contributed by atoms with Crippen molar-refractivity contribution in [1.82, 2.24) is 9.88 Å². The van der Waals surface area contributed by atoms with Crippen molar-refractivity contribution in [2.24, 2.45) is 17.8 Å². The zero-order valence-corrected chi connectivity index (χ0v) is 12.5. The predicted molar refractivity (Wildman–Crippen MR) is 79.3 cm³/mol. The third-order valence-electron chi connectivity index (χ3n) is 4.48. The van der Waals surface area contributed by atoms with Gasteiger partial charge >= 0.3 is 0 Å². The lowest BCUT2D eigenvalue weighted by Gasteiger charge is -2.16. The van der Waals surface area contributed by atoms with Gasteiger partial charge in [-0.3, -0.25) is 19.5 Å². The molecule has 2 unspecified atom stereocenters. The van der Waals surface area contributed by atoms with Crippen molar-refractivity contribution in [2.75, 3.05) is 11.9 Å². The molecule has 2 heterocycles. The van der Waals surface area contributed by atoms with Crippen LogP contribution in [0.25, 0.3) is 0 Å². The number of nitrogens with one attached hydrogen (secondary N) is 1. The van der Waals surface area contributed by atoms with Crippen LogP contribution < -0.4 is 5.32 Å². The fourth-order valence-electron chi connectivity index (χ4n) is 3.54. The molecule has 5 nitrogen and oxygen atoms in total. The van der Waals surface area contributed by atoms with Gasteiger partial charge in [-0.2, -0.15) is 0 Å². The Labute approximate surface area is 124 Å². The van der Waals surface area contributed by atoms with Gasteiger partial charge in [0.15, 0.2) is 0 Å². The number of anilines is 1. The maximum absolute atomic E-state index is 12.4. The maximum Gasteiger partial charge on any atom is 0.233 e. The Kier molecular flexibility index (Phi) is 3.66. The standard InChI is InChI=1S/C16H21N3O2/c1-3-17-11-4-5-18-12(8-11)9-19-15(20)13-6-10(2)7-14(13)16(19)21/h4-5,8,10,13-14H,3,6-7,9H2,1-2H3,(H,17,18). The molecule has 1 aromatic rings. The Balaban J connectivity index is 1.75. The topological polar surface area (TPSA) is 62.3 Å². The molecule has 2 fully saturated rings. The molecule has 21 heavy (non-hydrogen) atoms. The molecule has 0 spiro atoms. The van der Waals surface area contributed by atoms with E-state index in [1.165, 1.54) is 4.90 Å². The molecule has 1 aromatic heterocycles. The summed E-state index contributed by atoms with van der Waals surface area (Å²) in [4.78, 5) is 30.5. The number of fused-ring (bicyclic) bond motifs is 1. The summed E-state index contributed by atoms with van der Waals surface area (Å²) in [5, 5.41) is 3.21. The van der Waals surface area contributed by atoms with Crippen molar-refractivity contribution in [3.8, 4) is 0 Å². The summed E-state index contributed by atoms with van der Waals surface area (Å²) >= 11 is 0. The van der Waals surface area contributed by atoms with Gasteiger partial charge in [0.1, 0.15) is 0 Å². The molecule has 5 heteroatoms. The van der Waals surface area contributed by atoms with Crippen LogP contribution in [-0.2, 0) is 16.1 Å². The summed E-state index contributed by atoms with van der Waals surface area (Å²) in [5.41, 5.74) is 1.72. The second kappa shape index (κ2) is 5.47. The number of hydrogen-bond donors (Lipinski definition) is 1.